The highest BCUT2D eigenvalue weighted by Crippen LogP contribution is 2.33. The number of rotatable bonds is 15. The van der Waals surface area contributed by atoms with Crippen LogP contribution in [0.25, 0.3) is 38.7 Å². The van der Waals surface area contributed by atoms with Crippen molar-refractivity contribution in [1.29, 1.82) is 0 Å². The van der Waals surface area contributed by atoms with E-state index in [9.17, 15) is 15.2 Å². The number of hydrogen-bond acceptors (Lipinski definition) is 12. The van der Waals surface area contributed by atoms with E-state index in [4.69, 9.17) is 23.7 Å². The molecular formula is C44H40N6O8. The second kappa shape index (κ2) is 18.6. The number of nitro groups is 1. The quantitative estimate of drug-likeness (QED) is 0.0578. The third-order valence-corrected chi connectivity index (χ3v) is 8.91. The number of pyridine rings is 2. The number of aromatic nitrogens is 4. The number of fused-ring (bicyclic) bond motifs is 3. The van der Waals surface area contributed by atoms with Crippen LogP contribution in [0.3, 0.4) is 0 Å². The van der Waals surface area contributed by atoms with Crippen LogP contribution in [0.5, 0.6) is 23.0 Å². The van der Waals surface area contributed by atoms with E-state index < -0.39 is 4.92 Å². The SMILES string of the molecule is COCCOc1ccc(Nc2ccc3cccc(OCc4ccccc4)c3n2)c([N+](=O)[O-])c1.COCCOc1ccc2c(c1)ncn2-c1ccc2cccc(O)c2n1. The summed E-state index contributed by atoms with van der Waals surface area (Å²) in [5.74, 6) is 3.11. The van der Waals surface area contributed by atoms with Crippen molar-refractivity contribution in [3.05, 3.63) is 149 Å². The summed E-state index contributed by atoms with van der Waals surface area (Å²) >= 11 is 0. The predicted octanol–water partition coefficient (Wildman–Crippen LogP) is 8.80. The van der Waals surface area contributed by atoms with Crippen LogP contribution in [-0.2, 0) is 16.1 Å². The first-order chi connectivity index (χ1) is 28.4. The van der Waals surface area contributed by atoms with E-state index in [0.717, 1.165) is 33.1 Å². The van der Waals surface area contributed by atoms with E-state index in [0.29, 0.717) is 72.9 Å². The Balaban J connectivity index is 0.000000183. The predicted molar refractivity (Wildman–Crippen MR) is 222 cm³/mol. The third-order valence-electron chi connectivity index (χ3n) is 8.91. The van der Waals surface area contributed by atoms with Crippen molar-refractivity contribution in [2.24, 2.45) is 0 Å². The van der Waals surface area contributed by atoms with E-state index in [2.05, 4.69) is 20.3 Å². The van der Waals surface area contributed by atoms with Gasteiger partial charge < -0.3 is 34.1 Å². The lowest BCUT2D eigenvalue weighted by atomic mass is 10.2. The van der Waals surface area contributed by atoms with Gasteiger partial charge in [0.15, 0.2) is 0 Å². The first-order valence-electron chi connectivity index (χ1n) is 18.3. The smallest absolute Gasteiger partial charge is 0.296 e. The molecule has 0 bridgehead atoms. The summed E-state index contributed by atoms with van der Waals surface area (Å²) in [4.78, 5) is 24.8. The first-order valence-corrected chi connectivity index (χ1v) is 18.3. The molecule has 58 heavy (non-hydrogen) atoms. The molecular weight excluding hydrogens is 741 g/mol. The number of nitrogens with zero attached hydrogens (tertiary/aromatic N) is 5. The summed E-state index contributed by atoms with van der Waals surface area (Å²) in [7, 11) is 3.20. The summed E-state index contributed by atoms with van der Waals surface area (Å²) in [6, 6.07) is 38.8. The Hall–Kier alpha value is -7.29. The molecule has 294 valence electrons. The minimum absolute atomic E-state index is 0.111. The molecule has 0 spiro atoms. The first kappa shape index (κ1) is 39.0. The molecule has 0 fully saturated rings. The van der Waals surface area contributed by atoms with Crippen LogP contribution in [0.4, 0.5) is 17.2 Å². The van der Waals surface area contributed by atoms with Crippen molar-refractivity contribution in [2.75, 3.05) is 46.0 Å². The van der Waals surface area contributed by atoms with Crippen molar-refractivity contribution >= 4 is 50.0 Å². The molecule has 3 heterocycles. The number of anilines is 2. The number of aromatic hydroxyl groups is 1. The topological polar surface area (TPSA) is 165 Å². The van der Waals surface area contributed by atoms with Gasteiger partial charge >= 0.3 is 0 Å². The van der Waals surface area contributed by atoms with Crippen molar-refractivity contribution in [3.8, 4) is 28.8 Å². The van der Waals surface area contributed by atoms with Gasteiger partial charge in [-0.25, -0.2) is 15.0 Å². The van der Waals surface area contributed by atoms with Gasteiger partial charge in [-0.1, -0.05) is 54.6 Å². The van der Waals surface area contributed by atoms with Crippen molar-refractivity contribution in [3.63, 3.8) is 0 Å². The number of nitrogens with one attached hydrogen (secondary N) is 1. The lowest BCUT2D eigenvalue weighted by molar-refractivity contribution is -0.384. The maximum absolute atomic E-state index is 11.6. The number of ether oxygens (including phenoxy) is 5. The van der Waals surface area contributed by atoms with Gasteiger partial charge in [0.25, 0.3) is 5.69 Å². The number of phenols is 1. The molecule has 0 amide bonds. The number of para-hydroxylation sites is 2. The molecule has 5 aromatic carbocycles. The van der Waals surface area contributed by atoms with Gasteiger partial charge in [-0.3, -0.25) is 14.7 Å². The molecule has 2 N–H and O–H groups in total. The average molecular weight is 781 g/mol. The zero-order valence-electron chi connectivity index (χ0n) is 31.8. The van der Waals surface area contributed by atoms with Gasteiger partial charge in [0.1, 0.15) is 77.5 Å². The van der Waals surface area contributed by atoms with E-state index in [1.807, 2.05) is 95.6 Å². The van der Waals surface area contributed by atoms with Crippen LogP contribution in [0.2, 0.25) is 0 Å². The fourth-order valence-corrected chi connectivity index (χ4v) is 6.04. The largest absolute Gasteiger partial charge is 0.506 e. The van der Waals surface area contributed by atoms with Crippen LogP contribution in [0.15, 0.2) is 134 Å². The van der Waals surface area contributed by atoms with Gasteiger partial charge in [0.2, 0.25) is 0 Å². The maximum Gasteiger partial charge on any atom is 0.296 e. The standard InChI is InChI=1S/C25H23N3O5.C19H17N3O3/c1-31-14-15-32-20-11-12-21(22(16-20)28(29)30)26-24-13-10-19-8-5-9-23(25(19)27-24)33-17-18-6-3-2-4-7-18;1-24-9-10-25-14-6-7-16-15(11-14)20-12-22(16)18-8-5-13-3-2-4-17(23)19(13)21-18/h2-13,16H,14-15,17H2,1H3,(H,26,27);2-8,11-12,23H,9-10H2,1H3. The van der Waals surface area contributed by atoms with Crippen LogP contribution in [0.1, 0.15) is 5.56 Å². The summed E-state index contributed by atoms with van der Waals surface area (Å²) in [6.07, 6.45) is 1.72. The summed E-state index contributed by atoms with van der Waals surface area (Å²) in [6.45, 7) is 2.14. The molecule has 8 aromatic rings. The van der Waals surface area contributed by atoms with E-state index in [1.54, 1.807) is 50.9 Å². The van der Waals surface area contributed by atoms with E-state index >= 15 is 0 Å². The lowest BCUT2D eigenvalue weighted by Crippen LogP contribution is -2.05. The number of hydrogen-bond donors (Lipinski definition) is 2. The number of nitro benzene ring substituents is 1. The molecule has 0 saturated carbocycles. The number of phenolic OH excluding ortho intramolecular Hbond substituents is 1. The van der Waals surface area contributed by atoms with Crippen LogP contribution < -0.4 is 19.5 Å². The molecule has 0 aliphatic rings. The van der Waals surface area contributed by atoms with E-state index in [1.165, 1.54) is 6.07 Å². The number of methoxy groups -OCH3 is 2. The second-order valence-electron chi connectivity index (χ2n) is 12.8. The van der Waals surface area contributed by atoms with Gasteiger partial charge in [-0.05, 0) is 66.2 Å². The van der Waals surface area contributed by atoms with Crippen LogP contribution in [-0.4, -0.2) is 70.2 Å². The highest BCUT2D eigenvalue weighted by molar-refractivity contribution is 5.87. The molecule has 0 saturated heterocycles. The molecule has 0 atom stereocenters. The highest BCUT2D eigenvalue weighted by atomic mass is 16.6. The Morgan fingerprint density at radius 1 is 0.707 bits per heavy atom. The zero-order chi connectivity index (χ0) is 40.3. The normalized spacial score (nSPS) is 10.9. The Morgan fingerprint density at radius 2 is 1.41 bits per heavy atom. The maximum atomic E-state index is 11.6. The minimum Gasteiger partial charge on any atom is -0.506 e. The van der Waals surface area contributed by atoms with Gasteiger partial charge in [-0.15, -0.1) is 0 Å². The molecule has 14 heteroatoms. The van der Waals surface area contributed by atoms with Crippen LogP contribution in [0, 0.1) is 10.1 Å². The molecule has 0 radical (unpaired) electrons. The molecule has 8 rings (SSSR count). The highest BCUT2D eigenvalue weighted by Gasteiger charge is 2.17. The monoisotopic (exact) mass is 780 g/mol. The van der Waals surface area contributed by atoms with Crippen LogP contribution >= 0.6 is 0 Å². The fraction of sp³-hybridized carbons (Fsp3) is 0.159. The van der Waals surface area contributed by atoms with Gasteiger partial charge in [0.05, 0.1) is 35.2 Å². The lowest BCUT2D eigenvalue weighted by Gasteiger charge is -2.12. The Bertz CT molecular complexity index is 2650. The fourth-order valence-electron chi connectivity index (χ4n) is 6.04. The second-order valence-corrected chi connectivity index (χ2v) is 12.8. The van der Waals surface area contributed by atoms with Crippen molar-refractivity contribution in [1.82, 2.24) is 19.5 Å². The third kappa shape index (κ3) is 9.38. The zero-order valence-corrected chi connectivity index (χ0v) is 31.8. The summed E-state index contributed by atoms with van der Waals surface area (Å²) < 4.78 is 28.9. The Labute approximate surface area is 333 Å². The molecule has 0 aliphatic heterocycles. The molecule has 0 unspecified atom stereocenters. The van der Waals surface area contributed by atoms with Gasteiger partial charge in [0, 0.05) is 31.1 Å². The Kier molecular flexibility index (Phi) is 12.5. The summed E-state index contributed by atoms with van der Waals surface area (Å²) in [5, 5.41) is 26.5. The molecule has 3 aromatic heterocycles. The average Bonchev–Trinajstić information content (AvgIpc) is 3.67. The molecule has 14 nitrogen and oxygen atoms in total. The van der Waals surface area contributed by atoms with Crippen molar-refractivity contribution < 1.29 is 33.7 Å². The summed E-state index contributed by atoms with van der Waals surface area (Å²) in [5.41, 5.74) is 4.22. The molecule has 0 aliphatic carbocycles. The van der Waals surface area contributed by atoms with Crippen molar-refractivity contribution in [2.45, 2.75) is 6.61 Å². The van der Waals surface area contributed by atoms with Gasteiger partial charge in [-0.2, -0.15) is 0 Å². The number of imidazole rings is 1. The number of benzene rings is 5. The Morgan fingerprint density at radius 3 is 2.17 bits per heavy atom. The van der Waals surface area contributed by atoms with E-state index in [-0.39, 0.29) is 11.4 Å². The minimum atomic E-state index is -0.457.